The topological polar surface area (TPSA) is 110 Å². The quantitative estimate of drug-likeness (QED) is 0.587. The van der Waals surface area contributed by atoms with E-state index in [1.807, 2.05) is 0 Å². The molecule has 148 valence electrons. The number of sulfonamides is 1. The summed E-state index contributed by atoms with van der Waals surface area (Å²) < 4.78 is 27.0. The van der Waals surface area contributed by atoms with Crippen molar-refractivity contribution in [1.29, 1.82) is 0 Å². The van der Waals surface area contributed by atoms with E-state index in [1.165, 1.54) is 25.3 Å². The van der Waals surface area contributed by atoms with Crippen LogP contribution in [0.25, 0.3) is 0 Å². The van der Waals surface area contributed by atoms with Crippen molar-refractivity contribution in [2.45, 2.75) is 37.0 Å². The first-order valence-corrected chi connectivity index (χ1v) is 10.9. The van der Waals surface area contributed by atoms with Crippen LogP contribution in [0.3, 0.4) is 0 Å². The summed E-state index contributed by atoms with van der Waals surface area (Å²) in [6, 6.07) is 3.22. The number of piperidine rings is 1. The van der Waals surface area contributed by atoms with Gasteiger partial charge in [0.1, 0.15) is 5.02 Å². The van der Waals surface area contributed by atoms with E-state index < -0.39 is 20.6 Å². The number of nitrogens with one attached hydrogen (secondary N) is 1. The zero-order valence-corrected chi connectivity index (χ0v) is 16.3. The van der Waals surface area contributed by atoms with Crippen LogP contribution in [-0.4, -0.2) is 43.8 Å². The molecule has 2 aliphatic rings. The molecule has 1 aliphatic carbocycles. The fourth-order valence-electron chi connectivity index (χ4n) is 3.98. The van der Waals surface area contributed by atoms with E-state index in [4.69, 9.17) is 11.6 Å². The van der Waals surface area contributed by atoms with Gasteiger partial charge in [-0.2, -0.15) is 0 Å². The van der Waals surface area contributed by atoms with E-state index >= 15 is 0 Å². The Balaban J connectivity index is 1.62. The predicted octanol–water partition coefficient (Wildman–Crippen LogP) is 2.57. The number of rotatable bonds is 5. The van der Waals surface area contributed by atoms with Crippen LogP contribution in [0.2, 0.25) is 5.02 Å². The molecule has 1 N–H and O–H groups in total. The summed E-state index contributed by atoms with van der Waals surface area (Å²) in [7, 11) is -4.05. The number of halogens is 1. The van der Waals surface area contributed by atoms with Crippen LogP contribution >= 0.6 is 11.6 Å². The second-order valence-electron chi connectivity index (χ2n) is 7.13. The number of hydrogen-bond acceptors (Lipinski definition) is 5. The number of likely N-dealkylation sites (tertiary alicyclic amines) is 1. The lowest BCUT2D eigenvalue weighted by atomic mass is 9.75. The van der Waals surface area contributed by atoms with Gasteiger partial charge < -0.3 is 4.90 Å². The Morgan fingerprint density at radius 3 is 2.67 bits per heavy atom. The lowest BCUT2D eigenvalue weighted by Gasteiger charge is -2.41. The fourth-order valence-corrected chi connectivity index (χ4v) is 5.16. The highest BCUT2D eigenvalue weighted by atomic mass is 35.5. The highest BCUT2D eigenvalue weighted by molar-refractivity contribution is 7.89. The van der Waals surface area contributed by atoms with Gasteiger partial charge in [-0.15, -0.1) is 0 Å². The molecule has 27 heavy (non-hydrogen) atoms. The zero-order chi connectivity index (χ0) is 19.6. The third kappa shape index (κ3) is 4.59. The molecule has 8 nitrogen and oxygen atoms in total. The summed E-state index contributed by atoms with van der Waals surface area (Å²) in [6.45, 7) is 0.960. The van der Waals surface area contributed by atoms with E-state index in [1.54, 1.807) is 4.90 Å². The van der Waals surface area contributed by atoms with Gasteiger partial charge in [-0.3, -0.25) is 14.9 Å². The van der Waals surface area contributed by atoms with Crippen LogP contribution in [0.4, 0.5) is 5.69 Å². The molecular formula is C17H22ClN3O5S. The van der Waals surface area contributed by atoms with E-state index in [2.05, 4.69) is 4.72 Å². The highest BCUT2D eigenvalue weighted by Crippen LogP contribution is 2.36. The largest absolute Gasteiger partial charge is 0.341 e. The van der Waals surface area contributed by atoms with E-state index in [9.17, 15) is 23.3 Å². The first kappa shape index (κ1) is 20.0. The van der Waals surface area contributed by atoms with Gasteiger partial charge in [-0.05, 0) is 36.8 Å². The molecular weight excluding hydrogens is 394 g/mol. The van der Waals surface area contributed by atoms with Gasteiger partial charge in [0, 0.05) is 19.2 Å². The molecule has 2 atom stereocenters. The summed E-state index contributed by atoms with van der Waals surface area (Å²) in [4.78, 5) is 24.1. The summed E-state index contributed by atoms with van der Waals surface area (Å²) in [5, 5.41) is 10.8. The highest BCUT2D eigenvalue weighted by Gasteiger charge is 2.33. The maximum atomic E-state index is 12.4. The van der Waals surface area contributed by atoms with Crippen LogP contribution in [0.1, 0.15) is 32.1 Å². The number of benzene rings is 1. The minimum absolute atomic E-state index is 0.148. The maximum Gasteiger partial charge on any atom is 0.289 e. The summed E-state index contributed by atoms with van der Waals surface area (Å²) >= 11 is 5.71. The zero-order valence-electron chi connectivity index (χ0n) is 14.8. The Kier molecular flexibility index (Phi) is 6.02. The third-order valence-corrected chi connectivity index (χ3v) is 7.20. The molecule has 2 fully saturated rings. The van der Waals surface area contributed by atoms with Crippen LogP contribution in [0.5, 0.6) is 0 Å². The van der Waals surface area contributed by atoms with Gasteiger partial charge in [0.05, 0.1) is 16.4 Å². The molecule has 0 unspecified atom stereocenters. The molecule has 1 heterocycles. The molecule has 0 radical (unpaired) electrons. The molecule has 0 aromatic heterocycles. The lowest BCUT2D eigenvalue weighted by Crippen LogP contribution is -2.48. The average Bonchev–Trinajstić information content (AvgIpc) is 2.65. The lowest BCUT2D eigenvalue weighted by molar-refractivity contribution is -0.384. The number of fused-ring (bicyclic) bond motifs is 1. The minimum Gasteiger partial charge on any atom is -0.341 e. The van der Waals surface area contributed by atoms with Crippen LogP contribution in [0.15, 0.2) is 23.1 Å². The molecule has 1 aromatic rings. The maximum absolute atomic E-state index is 12.4. The van der Waals surface area contributed by atoms with Crippen molar-refractivity contribution in [1.82, 2.24) is 9.62 Å². The number of nitro groups is 1. The van der Waals surface area contributed by atoms with Gasteiger partial charge in [0.15, 0.2) is 0 Å². The van der Waals surface area contributed by atoms with E-state index in [0.29, 0.717) is 24.9 Å². The Bertz CT molecular complexity index is 845. The summed E-state index contributed by atoms with van der Waals surface area (Å²) in [5.41, 5.74) is -0.495. The molecule has 1 aromatic carbocycles. The Labute approximate surface area is 163 Å². The van der Waals surface area contributed by atoms with Crippen molar-refractivity contribution in [2.24, 2.45) is 11.8 Å². The summed E-state index contributed by atoms with van der Waals surface area (Å²) in [6.07, 6.45) is 5.74. The normalized spacial score (nSPS) is 22.9. The van der Waals surface area contributed by atoms with Crippen molar-refractivity contribution in [2.75, 3.05) is 19.6 Å². The number of amides is 1. The molecule has 1 saturated heterocycles. The Hall–Kier alpha value is -1.71. The molecule has 10 heteroatoms. The van der Waals surface area contributed by atoms with Crippen LogP contribution in [-0.2, 0) is 14.8 Å². The second kappa shape index (κ2) is 8.12. The van der Waals surface area contributed by atoms with Crippen LogP contribution in [0, 0.1) is 22.0 Å². The average molecular weight is 416 g/mol. The summed E-state index contributed by atoms with van der Waals surface area (Å²) in [5.74, 6) is 0.909. The first-order valence-electron chi connectivity index (χ1n) is 8.99. The van der Waals surface area contributed by atoms with Gasteiger partial charge >= 0.3 is 0 Å². The first-order chi connectivity index (χ1) is 12.8. The predicted molar refractivity (Wildman–Crippen MR) is 99.9 cm³/mol. The number of nitrogens with zero attached hydrogens (tertiary/aromatic N) is 2. The number of nitro benzene ring substituents is 1. The van der Waals surface area contributed by atoms with Crippen molar-refractivity contribution < 1.29 is 18.1 Å². The van der Waals surface area contributed by atoms with Crippen molar-refractivity contribution in [3.63, 3.8) is 0 Å². The Morgan fingerprint density at radius 1 is 1.26 bits per heavy atom. The van der Waals surface area contributed by atoms with Crippen LogP contribution < -0.4 is 4.72 Å². The molecule has 1 aliphatic heterocycles. The second-order valence-corrected chi connectivity index (χ2v) is 9.30. The molecule has 0 spiro atoms. The van der Waals surface area contributed by atoms with Gasteiger partial charge in [-0.25, -0.2) is 13.1 Å². The molecule has 1 amide bonds. The van der Waals surface area contributed by atoms with E-state index in [0.717, 1.165) is 25.0 Å². The van der Waals surface area contributed by atoms with Crippen molar-refractivity contribution in [3.8, 4) is 0 Å². The molecule has 1 saturated carbocycles. The molecule has 0 bridgehead atoms. The number of carbonyl (C=O) groups is 1. The number of carbonyl (C=O) groups excluding carboxylic acids is 1. The van der Waals surface area contributed by atoms with Gasteiger partial charge in [0.2, 0.25) is 15.9 Å². The van der Waals surface area contributed by atoms with Crippen molar-refractivity contribution >= 4 is 33.2 Å². The van der Waals surface area contributed by atoms with Crippen molar-refractivity contribution in [3.05, 3.63) is 33.3 Å². The smallest absolute Gasteiger partial charge is 0.289 e. The fraction of sp³-hybridized carbons (Fsp3) is 0.588. The van der Waals surface area contributed by atoms with Gasteiger partial charge in [0.25, 0.3) is 5.69 Å². The third-order valence-electron chi connectivity index (χ3n) is 5.48. The monoisotopic (exact) mass is 415 g/mol. The molecule has 3 rings (SSSR count). The Morgan fingerprint density at radius 2 is 1.96 bits per heavy atom. The van der Waals surface area contributed by atoms with E-state index in [-0.39, 0.29) is 22.4 Å². The standard InChI is InChI=1S/C17H22ClN3O5S/c18-15-6-5-14(9-16(15)21(23)24)27(25,26)19-10-17(22)20-8-7-12-3-1-2-4-13(12)11-20/h5-6,9,12-13,19H,1-4,7-8,10-11H2/t12-,13+/m1/s1. The SMILES string of the molecule is O=C(CNS(=O)(=O)c1ccc(Cl)c([N+](=O)[O-])c1)N1CC[C@H]2CCCC[C@H]2C1. The number of hydrogen-bond donors (Lipinski definition) is 1. The van der Waals surface area contributed by atoms with Gasteiger partial charge in [-0.1, -0.05) is 30.9 Å². The minimum atomic E-state index is -4.05.